The topological polar surface area (TPSA) is 104 Å². The highest BCUT2D eigenvalue weighted by Gasteiger charge is 2.33. The van der Waals surface area contributed by atoms with Crippen molar-refractivity contribution in [1.82, 2.24) is 14.1 Å². The van der Waals surface area contributed by atoms with E-state index in [9.17, 15) is 22.4 Å². The number of nitrogens with two attached hydrogens (primary N) is 1. The summed E-state index contributed by atoms with van der Waals surface area (Å²) in [6.45, 7) is 1.83. The van der Waals surface area contributed by atoms with E-state index in [1.54, 1.807) is 4.90 Å². The van der Waals surface area contributed by atoms with Crippen molar-refractivity contribution >= 4 is 21.8 Å². The predicted octanol–water partition coefficient (Wildman–Crippen LogP) is -0.00160. The maximum absolute atomic E-state index is 13.4. The molecule has 1 aromatic carbocycles. The Morgan fingerprint density at radius 2 is 1.82 bits per heavy atom. The average molecular weight is 412 g/mol. The molecule has 2 fully saturated rings. The fourth-order valence-electron chi connectivity index (χ4n) is 3.71. The van der Waals surface area contributed by atoms with Gasteiger partial charge in [-0.3, -0.25) is 14.5 Å². The summed E-state index contributed by atoms with van der Waals surface area (Å²) in [6.07, 6.45) is 2.30. The van der Waals surface area contributed by atoms with Gasteiger partial charge in [-0.15, -0.1) is 0 Å². The normalized spacial score (nSPS) is 22.2. The highest BCUT2D eigenvalue weighted by molar-refractivity contribution is 7.89. The summed E-state index contributed by atoms with van der Waals surface area (Å²) >= 11 is 0. The first-order valence-electron chi connectivity index (χ1n) is 9.36. The zero-order valence-corrected chi connectivity index (χ0v) is 16.4. The maximum Gasteiger partial charge on any atom is 0.243 e. The Kier molecular flexibility index (Phi) is 6.31. The number of piperidine rings is 1. The number of amides is 2. The molecule has 154 valence electrons. The lowest BCUT2D eigenvalue weighted by atomic mass is 10.0. The molecule has 0 aliphatic carbocycles. The van der Waals surface area contributed by atoms with Crippen molar-refractivity contribution in [3.05, 3.63) is 30.1 Å². The molecule has 0 unspecified atom stereocenters. The van der Waals surface area contributed by atoms with E-state index in [-0.39, 0.29) is 30.4 Å². The van der Waals surface area contributed by atoms with Gasteiger partial charge in [-0.1, -0.05) is 6.07 Å². The van der Waals surface area contributed by atoms with Crippen LogP contribution >= 0.6 is 0 Å². The lowest BCUT2D eigenvalue weighted by Crippen LogP contribution is -2.55. The second-order valence-corrected chi connectivity index (χ2v) is 9.08. The van der Waals surface area contributed by atoms with Crippen molar-refractivity contribution in [2.45, 2.75) is 30.2 Å². The first kappa shape index (κ1) is 20.7. The van der Waals surface area contributed by atoms with E-state index in [2.05, 4.69) is 0 Å². The van der Waals surface area contributed by atoms with E-state index in [0.717, 1.165) is 18.9 Å². The molecule has 2 amide bonds. The number of carbonyl (C=O) groups is 2. The Morgan fingerprint density at radius 3 is 2.46 bits per heavy atom. The quantitative estimate of drug-likeness (QED) is 0.733. The van der Waals surface area contributed by atoms with Crippen molar-refractivity contribution in [2.75, 3.05) is 39.3 Å². The van der Waals surface area contributed by atoms with Crippen molar-refractivity contribution < 1.29 is 22.4 Å². The summed E-state index contributed by atoms with van der Waals surface area (Å²) in [5, 5.41) is 0. The second kappa shape index (κ2) is 8.54. The fraction of sp³-hybridized carbons (Fsp3) is 0.556. The van der Waals surface area contributed by atoms with Crippen LogP contribution in [-0.4, -0.2) is 79.6 Å². The van der Waals surface area contributed by atoms with Crippen molar-refractivity contribution in [2.24, 2.45) is 5.73 Å². The minimum Gasteiger partial charge on any atom is -0.368 e. The lowest BCUT2D eigenvalue weighted by Gasteiger charge is -2.37. The zero-order valence-electron chi connectivity index (χ0n) is 15.6. The summed E-state index contributed by atoms with van der Waals surface area (Å²) in [5.74, 6) is -1.25. The Balaban J connectivity index is 1.58. The standard InChI is InChI=1S/C18H25FN4O4S/c19-14-4-3-5-15(12-14)28(26,27)22-10-8-21(9-11-22)13-17(24)23-7-2-1-6-16(23)18(20)25/h3-5,12,16H,1-2,6-11,13H2,(H2,20,25)/t16-/m1/s1. The van der Waals surface area contributed by atoms with Gasteiger partial charge in [-0.25, -0.2) is 12.8 Å². The molecule has 2 aliphatic heterocycles. The summed E-state index contributed by atoms with van der Waals surface area (Å²) in [5.41, 5.74) is 5.41. The van der Waals surface area contributed by atoms with Gasteiger partial charge in [0, 0.05) is 32.7 Å². The number of benzene rings is 1. The molecule has 2 heterocycles. The van der Waals surface area contributed by atoms with Gasteiger partial charge in [0.05, 0.1) is 11.4 Å². The molecule has 0 aromatic heterocycles. The fourth-order valence-corrected chi connectivity index (χ4v) is 5.17. The molecule has 2 saturated heterocycles. The van der Waals surface area contributed by atoms with Gasteiger partial charge in [-0.05, 0) is 37.5 Å². The van der Waals surface area contributed by atoms with Gasteiger partial charge in [0.1, 0.15) is 11.9 Å². The van der Waals surface area contributed by atoms with Crippen LogP contribution in [0.15, 0.2) is 29.2 Å². The molecule has 10 heteroatoms. The third-order valence-corrected chi connectivity index (χ3v) is 7.17. The maximum atomic E-state index is 13.4. The van der Waals surface area contributed by atoms with E-state index >= 15 is 0 Å². The first-order chi connectivity index (χ1) is 13.3. The summed E-state index contributed by atoms with van der Waals surface area (Å²) in [7, 11) is -3.77. The molecular formula is C18H25FN4O4S. The Bertz CT molecular complexity index is 840. The largest absolute Gasteiger partial charge is 0.368 e. The van der Waals surface area contributed by atoms with Gasteiger partial charge in [-0.2, -0.15) is 4.31 Å². The van der Waals surface area contributed by atoms with Gasteiger partial charge in [0.15, 0.2) is 0 Å². The van der Waals surface area contributed by atoms with E-state index in [1.807, 2.05) is 4.90 Å². The van der Waals surface area contributed by atoms with Crippen LogP contribution < -0.4 is 5.73 Å². The third-order valence-electron chi connectivity index (χ3n) is 5.28. The van der Waals surface area contributed by atoms with Gasteiger partial charge >= 0.3 is 0 Å². The monoisotopic (exact) mass is 412 g/mol. The molecule has 2 N–H and O–H groups in total. The molecule has 0 radical (unpaired) electrons. The Labute approximate surface area is 164 Å². The van der Waals surface area contributed by atoms with Crippen LogP contribution in [0.4, 0.5) is 4.39 Å². The van der Waals surface area contributed by atoms with Crippen LogP contribution in [-0.2, 0) is 19.6 Å². The zero-order chi connectivity index (χ0) is 20.3. The van der Waals surface area contributed by atoms with Crippen molar-refractivity contribution in [3.8, 4) is 0 Å². The molecule has 0 saturated carbocycles. The van der Waals surface area contributed by atoms with E-state index in [0.29, 0.717) is 26.1 Å². The number of hydrogen-bond donors (Lipinski definition) is 1. The molecular weight excluding hydrogens is 387 g/mol. The molecule has 28 heavy (non-hydrogen) atoms. The minimum atomic E-state index is -3.77. The van der Waals surface area contributed by atoms with Crippen LogP contribution in [0.2, 0.25) is 0 Å². The van der Waals surface area contributed by atoms with E-state index in [4.69, 9.17) is 5.73 Å². The van der Waals surface area contributed by atoms with Gasteiger partial charge < -0.3 is 10.6 Å². The molecule has 8 nitrogen and oxygen atoms in total. The Hall–Kier alpha value is -2.04. The number of nitrogens with zero attached hydrogens (tertiary/aromatic N) is 3. The number of piperazine rings is 1. The number of primary amides is 1. The van der Waals surface area contributed by atoms with Crippen LogP contribution in [0.3, 0.4) is 0 Å². The van der Waals surface area contributed by atoms with E-state index < -0.39 is 27.8 Å². The van der Waals surface area contributed by atoms with Crippen molar-refractivity contribution in [1.29, 1.82) is 0 Å². The highest BCUT2D eigenvalue weighted by atomic mass is 32.2. The van der Waals surface area contributed by atoms with Crippen LogP contribution in [0, 0.1) is 5.82 Å². The van der Waals surface area contributed by atoms with Gasteiger partial charge in [0.2, 0.25) is 21.8 Å². The van der Waals surface area contributed by atoms with Crippen LogP contribution in [0.1, 0.15) is 19.3 Å². The van der Waals surface area contributed by atoms with Crippen LogP contribution in [0.25, 0.3) is 0 Å². The number of likely N-dealkylation sites (tertiary alicyclic amines) is 1. The molecule has 1 aromatic rings. The van der Waals surface area contributed by atoms with Gasteiger partial charge in [0.25, 0.3) is 0 Å². The number of halogens is 1. The predicted molar refractivity (Wildman–Crippen MR) is 100 cm³/mol. The van der Waals surface area contributed by atoms with Crippen molar-refractivity contribution in [3.63, 3.8) is 0 Å². The molecule has 0 bridgehead atoms. The highest BCUT2D eigenvalue weighted by Crippen LogP contribution is 2.20. The van der Waals surface area contributed by atoms with Crippen LogP contribution in [0.5, 0.6) is 0 Å². The third kappa shape index (κ3) is 4.50. The average Bonchev–Trinajstić information content (AvgIpc) is 2.68. The SMILES string of the molecule is NC(=O)[C@H]1CCCCN1C(=O)CN1CCN(S(=O)(=O)c2cccc(F)c2)CC1. The summed E-state index contributed by atoms with van der Waals surface area (Å²) < 4.78 is 40.0. The number of sulfonamides is 1. The summed E-state index contributed by atoms with van der Waals surface area (Å²) in [6, 6.07) is 4.38. The number of hydrogen-bond acceptors (Lipinski definition) is 5. The number of rotatable bonds is 5. The molecule has 2 aliphatic rings. The molecule has 0 spiro atoms. The summed E-state index contributed by atoms with van der Waals surface area (Å²) in [4.78, 5) is 27.5. The molecule has 3 rings (SSSR count). The first-order valence-corrected chi connectivity index (χ1v) is 10.8. The second-order valence-electron chi connectivity index (χ2n) is 7.14. The Morgan fingerprint density at radius 1 is 1.11 bits per heavy atom. The minimum absolute atomic E-state index is 0.0744. The number of carbonyl (C=O) groups excluding carboxylic acids is 2. The smallest absolute Gasteiger partial charge is 0.243 e. The lowest BCUT2D eigenvalue weighted by molar-refractivity contribution is -0.142. The van der Waals surface area contributed by atoms with E-state index in [1.165, 1.54) is 22.5 Å². The molecule has 1 atom stereocenters.